The van der Waals surface area contributed by atoms with Gasteiger partial charge in [-0.2, -0.15) is 0 Å². The summed E-state index contributed by atoms with van der Waals surface area (Å²) in [4.78, 5) is 4.14. The maximum absolute atomic E-state index is 5.62. The second-order valence-electron chi connectivity index (χ2n) is 3.44. The van der Waals surface area contributed by atoms with Gasteiger partial charge in [0.05, 0.1) is 0 Å². The van der Waals surface area contributed by atoms with Crippen molar-refractivity contribution in [3.63, 3.8) is 0 Å². The minimum Gasteiger partial charge on any atom is -0.467 e. The van der Waals surface area contributed by atoms with Gasteiger partial charge in [-0.3, -0.25) is 0 Å². The summed E-state index contributed by atoms with van der Waals surface area (Å²) in [6, 6.07) is 3.90. The summed E-state index contributed by atoms with van der Waals surface area (Å²) in [6.07, 6.45) is 5.83. The van der Waals surface area contributed by atoms with Crippen LogP contribution in [0.1, 0.15) is 19.4 Å². The van der Waals surface area contributed by atoms with Gasteiger partial charge < -0.3 is 4.74 Å². The molecule has 0 unspecified atom stereocenters. The molecule has 0 N–H and O–H groups in total. The molecular weight excluding hydrogens is 150 g/mol. The van der Waals surface area contributed by atoms with Crippen LogP contribution in [-0.2, 0) is 0 Å². The molecule has 1 aliphatic heterocycles. The molecule has 0 saturated carbocycles. The second-order valence-corrected chi connectivity index (χ2v) is 3.44. The van der Waals surface area contributed by atoms with Crippen LogP contribution in [-0.4, -0.2) is 10.6 Å². The third-order valence-electron chi connectivity index (χ3n) is 1.82. The van der Waals surface area contributed by atoms with Crippen molar-refractivity contribution in [3.05, 3.63) is 30.0 Å². The van der Waals surface area contributed by atoms with Gasteiger partial charge in [0.2, 0.25) is 5.88 Å². The first-order chi connectivity index (χ1) is 5.67. The van der Waals surface area contributed by atoms with Crippen LogP contribution in [0.3, 0.4) is 0 Å². The molecule has 0 aromatic carbocycles. The summed E-state index contributed by atoms with van der Waals surface area (Å²) >= 11 is 0. The van der Waals surface area contributed by atoms with E-state index in [1.165, 1.54) is 0 Å². The number of pyridine rings is 1. The lowest BCUT2D eigenvalue weighted by atomic mass is 10.0. The molecule has 0 saturated heterocycles. The SMILES string of the molecule is CC1(C)C=Cc2cccnc2O1. The lowest BCUT2D eigenvalue weighted by molar-refractivity contribution is 0.151. The standard InChI is InChI=1S/C10H11NO/c1-10(2)6-5-8-4-3-7-11-9(8)12-10/h3-7H,1-2H3. The molecule has 62 valence electrons. The number of rotatable bonds is 0. The molecule has 2 heterocycles. The summed E-state index contributed by atoms with van der Waals surface area (Å²) < 4.78 is 5.62. The van der Waals surface area contributed by atoms with Crippen molar-refractivity contribution in [2.24, 2.45) is 0 Å². The number of hydrogen-bond donors (Lipinski definition) is 0. The smallest absolute Gasteiger partial charge is 0.221 e. The number of ether oxygens (including phenoxy) is 1. The molecule has 0 bridgehead atoms. The Hall–Kier alpha value is -1.31. The highest BCUT2D eigenvalue weighted by Gasteiger charge is 2.21. The number of nitrogens with zero attached hydrogens (tertiary/aromatic N) is 1. The Morgan fingerprint density at radius 3 is 3.08 bits per heavy atom. The van der Waals surface area contributed by atoms with E-state index in [0.29, 0.717) is 0 Å². The van der Waals surface area contributed by atoms with Gasteiger partial charge in [-0.25, -0.2) is 4.98 Å². The fraction of sp³-hybridized carbons (Fsp3) is 0.300. The Morgan fingerprint density at radius 2 is 2.25 bits per heavy atom. The van der Waals surface area contributed by atoms with Crippen LogP contribution in [0.5, 0.6) is 5.88 Å². The summed E-state index contributed by atoms with van der Waals surface area (Å²) in [6.45, 7) is 4.03. The van der Waals surface area contributed by atoms with Gasteiger partial charge in [-0.15, -0.1) is 0 Å². The van der Waals surface area contributed by atoms with E-state index in [0.717, 1.165) is 11.4 Å². The first-order valence-corrected chi connectivity index (χ1v) is 4.01. The van der Waals surface area contributed by atoms with Gasteiger partial charge in [0.15, 0.2) is 0 Å². The van der Waals surface area contributed by atoms with Crippen molar-refractivity contribution in [1.29, 1.82) is 0 Å². The predicted octanol–water partition coefficient (Wildman–Crippen LogP) is 2.27. The molecule has 2 heteroatoms. The van der Waals surface area contributed by atoms with Crippen molar-refractivity contribution in [1.82, 2.24) is 4.98 Å². The number of fused-ring (bicyclic) bond motifs is 1. The van der Waals surface area contributed by atoms with Gasteiger partial charge in [0.25, 0.3) is 0 Å². The normalized spacial score (nSPS) is 18.2. The Labute approximate surface area is 71.9 Å². The van der Waals surface area contributed by atoms with E-state index in [1.54, 1.807) is 6.20 Å². The van der Waals surface area contributed by atoms with E-state index in [2.05, 4.69) is 4.98 Å². The van der Waals surface area contributed by atoms with E-state index >= 15 is 0 Å². The number of hydrogen-bond acceptors (Lipinski definition) is 2. The highest BCUT2D eigenvalue weighted by atomic mass is 16.5. The van der Waals surface area contributed by atoms with E-state index in [1.807, 2.05) is 38.1 Å². The van der Waals surface area contributed by atoms with Gasteiger partial charge in [-0.1, -0.05) is 0 Å². The van der Waals surface area contributed by atoms with Gasteiger partial charge in [-0.05, 0) is 38.1 Å². The largest absolute Gasteiger partial charge is 0.467 e. The van der Waals surface area contributed by atoms with Crippen LogP contribution in [0.15, 0.2) is 24.4 Å². The van der Waals surface area contributed by atoms with Crippen molar-refractivity contribution in [2.75, 3.05) is 0 Å². The lowest BCUT2D eigenvalue weighted by Crippen LogP contribution is -2.27. The Kier molecular flexibility index (Phi) is 1.43. The van der Waals surface area contributed by atoms with Gasteiger partial charge >= 0.3 is 0 Å². The van der Waals surface area contributed by atoms with Crippen molar-refractivity contribution >= 4 is 6.08 Å². The molecule has 1 aromatic heterocycles. The molecule has 2 rings (SSSR count). The van der Waals surface area contributed by atoms with Crippen LogP contribution >= 0.6 is 0 Å². The Bertz CT molecular complexity index is 328. The summed E-state index contributed by atoms with van der Waals surface area (Å²) in [7, 11) is 0. The highest BCUT2D eigenvalue weighted by Crippen LogP contribution is 2.27. The average Bonchev–Trinajstić information content (AvgIpc) is 2.02. The zero-order valence-electron chi connectivity index (χ0n) is 7.24. The first kappa shape index (κ1) is 7.35. The predicted molar refractivity (Wildman–Crippen MR) is 48.0 cm³/mol. The van der Waals surface area contributed by atoms with Crippen LogP contribution < -0.4 is 4.74 Å². The zero-order chi connectivity index (χ0) is 8.60. The highest BCUT2D eigenvalue weighted by molar-refractivity contribution is 5.57. The second kappa shape index (κ2) is 2.34. The fourth-order valence-electron chi connectivity index (χ4n) is 1.19. The van der Waals surface area contributed by atoms with E-state index in [4.69, 9.17) is 4.74 Å². The molecule has 0 radical (unpaired) electrons. The molecule has 0 fully saturated rings. The lowest BCUT2D eigenvalue weighted by Gasteiger charge is -2.26. The summed E-state index contributed by atoms with van der Waals surface area (Å²) in [5.41, 5.74) is 0.832. The summed E-state index contributed by atoms with van der Waals surface area (Å²) in [5, 5.41) is 0. The van der Waals surface area contributed by atoms with Gasteiger partial charge in [0.1, 0.15) is 5.60 Å². The summed E-state index contributed by atoms with van der Waals surface area (Å²) in [5.74, 6) is 0.727. The van der Waals surface area contributed by atoms with Crippen LogP contribution in [0.2, 0.25) is 0 Å². The minimum atomic E-state index is -0.221. The molecule has 0 atom stereocenters. The molecule has 0 aliphatic carbocycles. The monoisotopic (exact) mass is 161 g/mol. The Balaban J connectivity index is 2.46. The molecule has 0 spiro atoms. The quantitative estimate of drug-likeness (QED) is 0.582. The maximum Gasteiger partial charge on any atom is 0.221 e. The van der Waals surface area contributed by atoms with Crippen LogP contribution in [0.25, 0.3) is 6.08 Å². The molecular formula is C10H11NO. The third-order valence-corrected chi connectivity index (χ3v) is 1.82. The molecule has 0 amide bonds. The van der Waals surface area contributed by atoms with Crippen molar-refractivity contribution < 1.29 is 4.74 Å². The fourth-order valence-corrected chi connectivity index (χ4v) is 1.19. The van der Waals surface area contributed by atoms with Gasteiger partial charge in [0, 0.05) is 11.8 Å². The van der Waals surface area contributed by atoms with Crippen LogP contribution in [0.4, 0.5) is 0 Å². The van der Waals surface area contributed by atoms with Crippen molar-refractivity contribution in [2.45, 2.75) is 19.4 Å². The Morgan fingerprint density at radius 1 is 1.42 bits per heavy atom. The van der Waals surface area contributed by atoms with Crippen molar-refractivity contribution in [3.8, 4) is 5.88 Å². The minimum absolute atomic E-state index is 0.221. The maximum atomic E-state index is 5.62. The average molecular weight is 161 g/mol. The molecule has 1 aliphatic rings. The third kappa shape index (κ3) is 1.20. The van der Waals surface area contributed by atoms with E-state index in [-0.39, 0.29) is 5.60 Å². The molecule has 12 heavy (non-hydrogen) atoms. The van der Waals surface area contributed by atoms with Crippen LogP contribution in [0, 0.1) is 0 Å². The van der Waals surface area contributed by atoms with E-state index in [9.17, 15) is 0 Å². The zero-order valence-corrected chi connectivity index (χ0v) is 7.24. The number of aromatic nitrogens is 1. The first-order valence-electron chi connectivity index (χ1n) is 4.01. The van der Waals surface area contributed by atoms with E-state index < -0.39 is 0 Å². The molecule has 1 aromatic rings. The molecule has 2 nitrogen and oxygen atoms in total. The topological polar surface area (TPSA) is 22.1 Å².